The van der Waals surface area contributed by atoms with E-state index in [1.165, 1.54) is 10.4 Å². The quantitative estimate of drug-likeness (QED) is 0.622. The molecule has 0 aliphatic carbocycles. The van der Waals surface area contributed by atoms with E-state index in [0.717, 1.165) is 28.0 Å². The van der Waals surface area contributed by atoms with Gasteiger partial charge in [-0.2, -0.15) is 0 Å². The fourth-order valence-electron chi connectivity index (χ4n) is 2.32. The van der Waals surface area contributed by atoms with Crippen LogP contribution >= 0.6 is 11.3 Å². The second kappa shape index (κ2) is 8.68. The zero-order chi connectivity index (χ0) is 17.5. The molecule has 0 saturated carbocycles. The Labute approximate surface area is 148 Å². The Morgan fingerprint density at radius 3 is 2.54 bits per heavy atom. The van der Waals surface area contributed by atoms with E-state index in [2.05, 4.69) is 46.6 Å². The van der Waals surface area contributed by atoms with Gasteiger partial charge in [0.05, 0.1) is 18.8 Å². The Bertz CT molecular complexity index is 690. The molecule has 0 amide bonds. The second-order valence-electron chi connectivity index (χ2n) is 5.56. The lowest BCUT2D eigenvalue weighted by atomic mass is 10.1. The molecule has 2 N–H and O–H groups in total. The number of thiazole rings is 1. The van der Waals surface area contributed by atoms with Crippen LogP contribution in [-0.4, -0.2) is 24.6 Å². The van der Waals surface area contributed by atoms with Gasteiger partial charge in [0.1, 0.15) is 10.8 Å². The van der Waals surface area contributed by atoms with Gasteiger partial charge in [-0.25, -0.2) is 4.98 Å². The van der Waals surface area contributed by atoms with Gasteiger partial charge in [-0.15, -0.1) is 11.3 Å². The first-order valence-corrected chi connectivity index (χ1v) is 8.94. The van der Waals surface area contributed by atoms with Gasteiger partial charge in [-0.1, -0.05) is 12.1 Å². The first kappa shape index (κ1) is 18.3. The van der Waals surface area contributed by atoms with Crippen LogP contribution in [0.25, 0.3) is 0 Å². The van der Waals surface area contributed by atoms with E-state index in [0.29, 0.717) is 19.7 Å². The predicted molar refractivity (Wildman–Crippen MR) is 101 cm³/mol. The number of benzene rings is 1. The number of hydrogen-bond donors (Lipinski definition) is 2. The molecule has 1 heterocycles. The lowest BCUT2D eigenvalue weighted by Gasteiger charge is -2.12. The van der Waals surface area contributed by atoms with Crippen molar-refractivity contribution in [1.82, 2.24) is 15.6 Å². The summed E-state index contributed by atoms with van der Waals surface area (Å²) < 4.78 is 5.58. The lowest BCUT2D eigenvalue weighted by molar-refractivity contribution is 0.338. The molecule has 24 heavy (non-hydrogen) atoms. The van der Waals surface area contributed by atoms with Crippen molar-refractivity contribution in [3.63, 3.8) is 0 Å². The predicted octanol–water partition coefficient (Wildman–Crippen LogP) is 3.33. The van der Waals surface area contributed by atoms with Crippen molar-refractivity contribution < 1.29 is 4.74 Å². The maximum atomic E-state index is 5.58. The molecule has 0 unspecified atom stereocenters. The topological polar surface area (TPSA) is 58.5 Å². The highest BCUT2D eigenvalue weighted by Crippen LogP contribution is 2.19. The fourth-order valence-corrected chi connectivity index (χ4v) is 3.19. The molecule has 1 aromatic carbocycles. The lowest BCUT2D eigenvalue weighted by Crippen LogP contribution is -2.36. The number of aliphatic imine (C=N–C) groups is 1. The molecular weight excluding hydrogens is 320 g/mol. The van der Waals surface area contributed by atoms with E-state index in [-0.39, 0.29) is 0 Å². The standard InChI is InChI=1S/C18H26N4OS/c1-6-23-16-8-7-15(9-12(16)2)10-20-18(19-5)21-11-17-22-13(3)14(4)24-17/h7-9H,6,10-11H2,1-5H3,(H2,19,20,21). The average Bonchev–Trinajstić information content (AvgIpc) is 2.88. The molecule has 0 spiro atoms. The van der Waals surface area contributed by atoms with Crippen LogP contribution in [0.3, 0.4) is 0 Å². The molecule has 0 bridgehead atoms. The molecule has 2 rings (SSSR count). The van der Waals surface area contributed by atoms with E-state index in [9.17, 15) is 0 Å². The summed E-state index contributed by atoms with van der Waals surface area (Å²) in [6.07, 6.45) is 0. The molecule has 1 aromatic heterocycles. The van der Waals surface area contributed by atoms with Gasteiger partial charge >= 0.3 is 0 Å². The highest BCUT2D eigenvalue weighted by molar-refractivity contribution is 7.11. The fraction of sp³-hybridized carbons (Fsp3) is 0.444. The molecule has 6 heteroatoms. The Kier molecular flexibility index (Phi) is 6.61. The summed E-state index contributed by atoms with van der Waals surface area (Å²) in [5, 5.41) is 7.71. The smallest absolute Gasteiger partial charge is 0.191 e. The third-order valence-electron chi connectivity index (χ3n) is 3.70. The Balaban J connectivity index is 1.88. The molecule has 0 fully saturated rings. The van der Waals surface area contributed by atoms with Gasteiger partial charge in [0, 0.05) is 18.5 Å². The third-order valence-corrected chi connectivity index (χ3v) is 4.78. The van der Waals surface area contributed by atoms with Crippen LogP contribution in [0.4, 0.5) is 0 Å². The number of nitrogens with zero attached hydrogens (tertiary/aromatic N) is 2. The summed E-state index contributed by atoms with van der Waals surface area (Å²) >= 11 is 1.72. The van der Waals surface area contributed by atoms with Crippen molar-refractivity contribution in [2.75, 3.05) is 13.7 Å². The van der Waals surface area contributed by atoms with Gasteiger partial charge in [-0.05, 0) is 44.9 Å². The van der Waals surface area contributed by atoms with E-state index < -0.39 is 0 Å². The van der Waals surface area contributed by atoms with Crippen molar-refractivity contribution in [3.8, 4) is 5.75 Å². The van der Waals surface area contributed by atoms with Crippen LogP contribution in [0, 0.1) is 20.8 Å². The minimum atomic E-state index is 0.682. The minimum absolute atomic E-state index is 0.682. The number of rotatable bonds is 6. The normalized spacial score (nSPS) is 11.5. The highest BCUT2D eigenvalue weighted by Gasteiger charge is 2.05. The van der Waals surface area contributed by atoms with Crippen molar-refractivity contribution in [2.24, 2.45) is 4.99 Å². The largest absolute Gasteiger partial charge is 0.494 e. The minimum Gasteiger partial charge on any atom is -0.494 e. The summed E-state index contributed by atoms with van der Waals surface area (Å²) in [6.45, 7) is 10.3. The van der Waals surface area contributed by atoms with Crippen molar-refractivity contribution in [1.29, 1.82) is 0 Å². The molecule has 5 nitrogen and oxygen atoms in total. The van der Waals surface area contributed by atoms with E-state index in [4.69, 9.17) is 4.74 Å². The number of nitrogens with one attached hydrogen (secondary N) is 2. The highest BCUT2D eigenvalue weighted by atomic mass is 32.1. The maximum absolute atomic E-state index is 5.58. The van der Waals surface area contributed by atoms with Crippen LogP contribution in [0.15, 0.2) is 23.2 Å². The molecule has 0 saturated heterocycles. The number of ether oxygens (including phenoxy) is 1. The molecule has 0 atom stereocenters. The summed E-state index contributed by atoms with van der Waals surface area (Å²) in [4.78, 5) is 10.1. The van der Waals surface area contributed by atoms with Crippen LogP contribution < -0.4 is 15.4 Å². The van der Waals surface area contributed by atoms with E-state index in [1.54, 1.807) is 18.4 Å². The van der Waals surface area contributed by atoms with Crippen LogP contribution in [-0.2, 0) is 13.1 Å². The molecule has 0 aliphatic heterocycles. The van der Waals surface area contributed by atoms with Gasteiger partial charge in [0.25, 0.3) is 0 Å². The maximum Gasteiger partial charge on any atom is 0.191 e. The molecule has 2 aromatic rings. The van der Waals surface area contributed by atoms with Crippen molar-refractivity contribution in [2.45, 2.75) is 40.8 Å². The Morgan fingerprint density at radius 2 is 1.96 bits per heavy atom. The van der Waals surface area contributed by atoms with Gasteiger partial charge in [-0.3, -0.25) is 4.99 Å². The summed E-state index contributed by atoms with van der Waals surface area (Å²) in [5.41, 5.74) is 3.44. The first-order chi connectivity index (χ1) is 11.5. The number of aryl methyl sites for hydroxylation is 3. The molecular formula is C18H26N4OS. The van der Waals surface area contributed by atoms with Crippen LogP contribution in [0.5, 0.6) is 5.75 Å². The summed E-state index contributed by atoms with van der Waals surface area (Å²) in [7, 11) is 1.77. The second-order valence-corrected chi connectivity index (χ2v) is 6.85. The zero-order valence-corrected chi connectivity index (χ0v) is 15.9. The van der Waals surface area contributed by atoms with Crippen LogP contribution in [0.2, 0.25) is 0 Å². The summed E-state index contributed by atoms with van der Waals surface area (Å²) in [6, 6.07) is 6.23. The van der Waals surface area contributed by atoms with Gasteiger partial charge < -0.3 is 15.4 Å². The monoisotopic (exact) mass is 346 g/mol. The number of aromatic nitrogens is 1. The Hall–Kier alpha value is -2.08. The molecule has 0 aliphatic rings. The number of hydrogen-bond acceptors (Lipinski definition) is 4. The van der Waals surface area contributed by atoms with Crippen molar-refractivity contribution >= 4 is 17.3 Å². The summed E-state index contributed by atoms with van der Waals surface area (Å²) in [5.74, 6) is 1.71. The van der Waals surface area contributed by atoms with E-state index >= 15 is 0 Å². The average molecular weight is 347 g/mol. The van der Waals surface area contributed by atoms with Gasteiger partial charge in [0.2, 0.25) is 0 Å². The van der Waals surface area contributed by atoms with Crippen molar-refractivity contribution in [3.05, 3.63) is 44.9 Å². The van der Waals surface area contributed by atoms with E-state index in [1.807, 2.05) is 19.9 Å². The first-order valence-electron chi connectivity index (χ1n) is 8.13. The molecule has 130 valence electrons. The molecule has 0 radical (unpaired) electrons. The number of guanidine groups is 1. The third kappa shape index (κ3) is 4.96. The van der Waals surface area contributed by atoms with Gasteiger partial charge in [0.15, 0.2) is 5.96 Å². The van der Waals surface area contributed by atoms with Crippen LogP contribution in [0.1, 0.15) is 33.6 Å². The zero-order valence-electron chi connectivity index (χ0n) is 15.1. The SMILES string of the molecule is CCOc1ccc(CNC(=NC)NCc2nc(C)c(C)s2)cc1C. The Morgan fingerprint density at radius 1 is 1.21 bits per heavy atom.